The van der Waals surface area contributed by atoms with Crippen LogP contribution in [-0.4, -0.2) is 16.8 Å². The lowest BCUT2D eigenvalue weighted by molar-refractivity contribution is 0.254. The molecule has 0 aliphatic carbocycles. The molecule has 0 amide bonds. The number of benzene rings is 1. The molecule has 4 N–H and O–H groups in total. The van der Waals surface area contributed by atoms with E-state index in [9.17, 15) is 10.2 Å². The van der Waals surface area contributed by atoms with Crippen molar-refractivity contribution in [2.24, 2.45) is 5.73 Å². The van der Waals surface area contributed by atoms with Crippen molar-refractivity contribution in [1.82, 2.24) is 0 Å². The van der Waals surface area contributed by atoms with Crippen LogP contribution in [0.3, 0.4) is 0 Å². The second-order valence-corrected chi connectivity index (χ2v) is 3.13. The zero-order valence-electron chi connectivity index (χ0n) is 7.03. The molecule has 1 aliphatic heterocycles. The van der Waals surface area contributed by atoms with E-state index in [1.807, 2.05) is 0 Å². The molecule has 4 nitrogen and oxygen atoms in total. The highest BCUT2D eigenvalue weighted by atomic mass is 16.5. The minimum Gasteiger partial charge on any atom is -0.508 e. The summed E-state index contributed by atoms with van der Waals surface area (Å²) in [5.74, 6) is 0.360. The maximum absolute atomic E-state index is 9.41. The van der Waals surface area contributed by atoms with Gasteiger partial charge in [-0.15, -0.1) is 0 Å². The van der Waals surface area contributed by atoms with Crippen LogP contribution in [-0.2, 0) is 0 Å². The summed E-state index contributed by atoms with van der Waals surface area (Å²) < 4.78 is 5.24. The zero-order valence-corrected chi connectivity index (χ0v) is 7.03. The number of nitrogens with two attached hydrogens (primary N) is 1. The first kappa shape index (κ1) is 8.19. The third-order valence-electron chi connectivity index (χ3n) is 2.16. The summed E-state index contributed by atoms with van der Waals surface area (Å²) in [6, 6.07) is 2.61. The maximum Gasteiger partial charge on any atom is 0.165 e. The summed E-state index contributed by atoms with van der Waals surface area (Å²) in [4.78, 5) is 0. The van der Waals surface area contributed by atoms with Gasteiger partial charge < -0.3 is 20.7 Å². The van der Waals surface area contributed by atoms with Crippen molar-refractivity contribution in [1.29, 1.82) is 0 Å². The number of phenolic OH excluding ortho intramolecular Hbond substituents is 2. The Morgan fingerprint density at radius 1 is 1.38 bits per heavy atom. The van der Waals surface area contributed by atoms with Crippen molar-refractivity contribution in [3.05, 3.63) is 17.7 Å². The Morgan fingerprint density at radius 3 is 2.92 bits per heavy atom. The highest BCUT2D eigenvalue weighted by molar-refractivity contribution is 5.52. The average Bonchev–Trinajstić information content (AvgIpc) is 2.07. The van der Waals surface area contributed by atoms with Gasteiger partial charge in [-0.1, -0.05) is 0 Å². The van der Waals surface area contributed by atoms with Gasteiger partial charge in [-0.3, -0.25) is 0 Å². The number of fused-ring (bicyclic) bond motifs is 1. The molecule has 0 saturated carbocycles. The van der Waals surface area contributed by atoms with E-state index in [0.717, 1.165) is 0 Å². The molecular formula is C9H11NO3. The van der Waals surface area contributed by atoms with Crippen molar-refractivity contribution in [3.63, 3.8) is 0 Å². The molecule has 13 heavy (non-hydrogen) atoms. The summed E-state index contributed by atoms with van der Waals surface area (Å²) in [6.45, 7) is 0.506. The highest BCUT2D eigenvalue weighted by Gasteiger charge is 2.21. The fourth-order valence-corrected chi connectivity index (χ4v) is 1.50. The molecule has 0 aromatic heterocycles. The summed E-state index contributed by atoms with van der Waals surface area (Å²) in [5, 5.41) is 18.6. The van der Waals surface area contributed by atoms with E-state index in [2.05, 4.69) is 0 Å². The van der Waals surface area contributed by atoms with Crippen LogP contribution in [0.15, 0.2) is 12.1 Å². The predicted octanol–water partition coefficient (Wildman–Crippen LogP) is 0.880. The molecule has 1 atom stereocenters. The maximum atomic E-state index is 9.41. The van der Waals surface area contributed by atoms with E-state index in [-0.39, 0.29) is 17.5 Å². The zero-order chi connectivity index (χ0) is 9.42. The van der Waals surface area contributed by atoms with Gasteiger partial charge in [0.15, 0.2) is 11.5 Å². The van der Waals surface area contributed by atoms with Crippen LogP contribution in [0, 0.1) is 0 Å². The minimum atomic E-state index is -0.165. The number of ether oxygens (including phenoxy) is 1. The molecule has 1 aromatic rings. The smallest absolute Gasteiger partial charge is 0.165 e. The van der Waals surface area contributed by atoms with Crippen molar-refractivity contribution in [2.45, 2.75) is 12.5 Å². The van der Waals surface area contributed by atoms with Crippen LogP contribution >= 0.6 is 0 Å². The van der Waals surface area contributed by atoms with Crippen molar-refractivity contribution in [2.75, 3.05) is 6.61 Å². The third kappa shape index (κ3) is 1.29. The molecule has 70 valence electrons. The standard InChI is InChI=1S/C9H11NO3/c10-7-1-2-13-9-6(7)3-5(11)4-8(9)12/h3-4,7,11-12H,1-2,10H2/t7-/m1/s1. The van der Waals surface area contributed by atoms with E-state index >= 15 is 0 Å². The lowest BCUT2D eigenvalue weighted by Crippen LogP contribution is -2.20. The normalized spacial score (nSPS) is 20.5. The summed E-state index contributed by atoms with van der Waals surface area (Å²) in [7, 11) is 0. The van der Waals surface area contributed by atoms with E-state index in [0.29, 0.717) is 24.3 Å². The van der Waals surface area contributed by atoms with E-state index in [1.54, 1.807) is 0 Å². The first-order chi connectivity index (χ1) is 6.18. The largest absolute Gasteiger partial charge is 0.508 e. The van der Waals surface area contributed by atoms with E-state index < -0.39 is 0 Å². The Labute approximate surface area is 75.6 Å². The van der Waals surface area contributed by atoms with Gasteiger partial charge in [-0.05, 0) is 6.07 Å². The van der Waals surface area contributed by atoms with Crippen LogP contribution in [0.1, 0.15) is 18.0 Å². The van der Waals surface area contributed by atoms with Crippen LogP contribution in [0.5, 0.6) is 17.2 Å². The lowest BCUT2D eigenvalue weighted by Gasteiger charge is -2.23. The number of phenols is 2. The van der Waals surface area contributed by atoms with Crippen LogP contribution in [0.4, 0.5) is 0 Å². The average molecular weight is 181 g/mol. The van der Waals surface area contributed by atoms with Gasteiger partial charge in [0, 0.05) is 24.1 Å². The number of hydrogen-bond donors (Lipinski definition) is 3. The van der Waals surface area contributed by atoms with Gasteiger partial charge >= 0.3 is 0 Å². The predicted molar refractivity (Wildman–Crippen MR) is 46.8 cm³/mol. The molecule has 4 heteroatoms. The molecule has 0 radical (unpaired) electrons. The van der Waals surface area contributed by atoms with Gasteiger partial charge in [0.05, 0.1) is 6.61 Å². The van der Waals surface area contributed by atoms with Gasteiger partial charge in [-0.2, -0.15) is 0 Å². The first-order valence-electron chi connectivity index (χ1n) is 4.12. The van der Waals surface area contributed by atoms with Gasteiger partial charge in [0.1, 0.15) is 5.75 Å². The molecule has 0 unspecified atom stereocenters. The van der Waals surface area contributed by atoms with Crippen molar-refractivity contribution < 1.29 is 14.9 Å². The number of rotatable bonds is 0. The Bertz CT molecular complexity index is 338. The molecule has 1 aliphatic rings. The second kappa shape index (κ2) is 2.81. The molecule has 0 spiro atoms. The Balaban J connectivity index is 2.56. The number of aromatic hydroxyl groups is 2. The van der Waals surface area contributed by atoms with Gasteiger partial charge in [0.2, 0.25) is 0 Å². The van der Waals surface area contributed by atoms with Crippen LogP contribution < -0.4 is 10.5 Å². The van der Waals surface area contributed by atoms with Gasteiger partial charge in [-0.25, -0.2) is 0 Å². The third-order valence-corrected chi connectivity index (χ3v) is 2.16. The molecule has 1 heterocycles. The quantitative estimate of drug-likeness (QED) is 0.555. The second-order valence-electron chi connectivity index (χ2n) is 3.13. The fourth-order valence-electron chi connectivity index (χ4n) is 1.50. The molecular weight excluding hydrogens is 170 g/mol. The minimum absolute atomic E-state index is 0.0113. The number of hydrogen-bond acceptors (Lipinski definition) is 4. The fraction of sp³-hybridized carbons (Fsp3) is 0.333. The van der Waals surface area contributed by atoms with Crippen molar-refractivity contribution >= 4 is 0 Å². The summed E-state index contributed by atoms with van der Waals surface area (Å²) in [5.41, 5.74) is 6.45. The van der Waals surface area contributed by atoms with Crippen LogP contribution in [0.2, 0.25) is 0 Å². The topological polar surface area (TPSA) is 75.7 Å². The highest BCUT2D eigenvalue weighted by Crippen LogP contribution is 2.40. The Hall–Kier alpha value is -1.42. The Kier molecular flexibility index (Phi) is 1.77. The van der Waals surface area contributed by atoms with Crippen molar-refractivity contribution in [3.8, 4) is 17.2 Å². The van der Waals surface area contributed by atoms with Gasteiger partial charge in [0.25, 0.3) is 0 Å². The SMILES string of the molecule is N[C@@H]1CCOc2c(O)cc(O)cc21. The summed E-state index contributed by atoms with van der Waals surface area (Å²) in [6.07, 6.45) is 0.704. The molecule has 0 fully saturated rings. The Morgan fingerprint density at radius 2 is 2.15 bits per heavy atom. The molecule has 2 rings (SSSR count). The first-order valence-corrected chi connectivity index (χ1v) is 4.12. The molecule has 1 aromatic carbocycles. The van der Waals surface area contributed by atoms with Crippen LogP contribution in [0.25, 0.3) is 0 Å². The lowest BCUT2D eigenvalue weighted by atomic mass is 10.0. The summed E-state index contributed by atoms with van der Waals surface area (Å²) >= 11 is 0. The van der Waals surface area contributed by atoms with E-state index in [4.69, 9.17) is 10.5 Å². The van der Waals surface area contributed by atoms with E-state index in [1.165, 1.54) is 12.1 Å². The molecule has 0 bridgehead atoms. The monoisotopic (exact) mass is 181 g/mol. The molecule has 0 saturated heterocycles.